The fourth-order valence-corrected chi connectivity index (χ4v) is 2.85. The number of fused-ring (bicyclic) bond motifs is 1. The second kappa shape index (κ2) is 8.56. The van der Waals surface area contributed by atoms with Crippen LogP contribution in [-0.2, 0) is 17.8 Å². The zero-order chi connectivity index (χ0) is 20.1. The fourth-order valence-electron chi connectivity index (χ4n) is 2.85. The maximum Gasteiger partial charge on any atom is 0.336 e. The monoisotopic (exact) mass is 382 g/mol. The van der Waals surface area contributed by atoms with E-state index < -0.39 is 5.63 Å². The number of likely N-dealkylation sites (N-methyl/N-ethyl adjacent to an activating group) is 1. The molecule has 0 radical (unpaired) electrons. The van der Waals surface area contributed by atoms with Gasteiger partial charge in [0.05, 0.1) is 19.3 Å². The molecule has 0 aliphatic rings. The number of hydrogen-bond donors (Lipinski definition) is 0. The van der Waals surface area contributed by atoms with Crippen LogP contribution in [0, 0.1) is 0 Å². The molecule has 0 N–H and O–H groups in total. The van der Waals surface area contributed by atoms with Crippen LogP contribution in [0.2, 0.25) is 0 Å². The van der Waals surface area contributed by atoms with Gasteiger partial charge in [0.2, 0.25) is 0 Å². The number of carbonyl (C=O) groups excluding carboxylic acids is 1. The first-order valence-electron chi connectivity index (χ1n) is 8.92. The van der Waals surface area contributed by atoms with Gasteiger partial charge in [0.1, 0.15) is 17.1 Å². The number of nitrogens with zero attached hydrogens (tertiary/aromatic N) is 2. The van der Waals surface area contributed by atoms with Crippen molar-refractivity contribution in [2.75, 3.05) is 20.8 Å². The SMILES string of the molecule is CCc1cc(=O)oc2cc(OCC(=O)N(C)Cc3cc(OC)ccn3)ccc12. The molecule has 0 aliphatic carbocycles. The molecule has 7 heteroatoms. The van der Waals surface area contributed by atoms with Gasteiger partial charge in [0, 0.05) is 36.8 Å². The molecule has 1 aromatic carbocycles. The van der Waals surface area contributed by atoms with E-state index in [1.807, 2.05) is 13.0 Å². The van der Waals surface area contributed by atoms with Crippen LogP contribution < -0.4 is 15.1 Å². The van der Waals surface area contributed by atoms with Gasteiger partial charge in [-0.15, -0.1) is 0 Å². The Kier molecular flexibility index (Phi) is 5.93. The normalized spacial score (nSPS) is 10.7. The third kappa shape index (κ3) is 4.49. The number of rotatable bonds is 7. The molecule has 3 rings (SSSR count). The summed E-state index contributed by atoms with van der Waals surface area (Å²) in [6.07, 6.45) is 2.36. The quantitative estimate of drug-likeness (QED) is 0.585. The molecule has 0 unspecified atom stereocenters. The van der Waals surface area contributed by atoms with Gasteiger partial charge in [0.25, 0.3) is 5.91 Å². The summed E-state index contributed by atoms with van der Waals surface area (Å²) in [5, 5.41) is 0.863. The maximum absolute atomic E-state index is 12.4. The van der Waals surface area contributed by atoms with Crippen LogP contribution in [0.1, 0.15) is 18.2 Å². The predicted octanol–water partition coefficient (Wildman–Crippen LogP) is 2.80. The molecular formula is C21H22N2O5. The first-order valence-corrected chi connectivity index (χ1v) is 8.92. The van der Waals surface area contributed by atoms with Gasteiger partial charge in [-0.25, -0.2) is 4.79 Å². The van der Waals surface area contributed by atoms with Crippen molar-refractivity contribution in [3.05, 3.63) is 64.3 Å². The largest absolute Gasteiger partial charge is 0.497 e. The molecule has 0 spiro atoms. The summed E-state index contributed by atoms with van der Waals surface area (Å²) in [7, 11) is 3.26. The van der Waals surface area contributed by atoms with Gasteiger partial charge in [-0.1, -0.05) is 6.92 Å². The van der Waals surface area contributed by atoms with E-state index in [0.717, 1.165) is 23.1 Å². The molecule has 0 saturated heterocycles. The number of carbonyl (C=O) groups is 1. The number of ether oxygens (including phenoxy) is 2. The van der Waals surface area contributed by atoms with Crippen LogP contribution in [0.4, 0.5) is 0 Å². The van der Waals surface area contributed by atoms with E-state index in [-0.39, 0.29) is 12.5 Å². The summed E-state index contributed by atoms with van der Waals surface area (Å²) >= 11 is 0. The number of benzene rings is 1. The standard InChI is InChI=1S/C21H22N2O5/c1-4-14-9-21(25)28-19-11-17(5-6-18(14)19)27-13-20(24)23(2)12-15-10-16(26-3)7-8-22-15/h5-11H,4,12-13H2,1-3H3. The van der Waals surface area contributed by atoms with Gasteiger partial charge >= 0.3 is 5.63 Å². The van der Waals surface area contributed by atoms with Crippen LogP contribution >= 0.6 is 0 Å². The molecule has 1 amide bonds. The molecule has 28 heavy (non-hydrogen) atoms. The van der Waals surface area contributed by atoms with E-state index in [4.69, 9.17) is 13.9 Å². The van der Waals surface area contributed by atoms with Crippen molar-refractivity contribution in [3.8, 4) is 11.5 Å². The fraction of sp³-hybridized carbons (Fsp3) is 0.286. The van der Waals surface area contributed by atoms with Crippen molar-refractivity contribution in [1.82, 2.24) is 9.88 Å². The van der Waals surface area contributed by atoms with E-state index in [1.54, 1.807) is 44.6 Å². The Hall–Kier alpha value is -3.35. The molecular weight excluding hydrogens is 360 g/mol. The molecule has 146 valence electrons. The van der Waals surface area contributed by atoms with Crippen LogP contribution in [0.3, 0.4) is 0 Å². The first-order chi connectivity index (χ1) is 13.5. The molecule has 2 heterocycles. The Bertz CT molecular complexity index is 1040. The van der Waals surface area contributed by atoms with Crippen LogP contribution in [0.15, 0.2) is 51.8 Å². The highest BCUT2D eigenvalue weighted by atomic mass is 16.5. The summed E-state index contributed by atoms with van der Waals surface area (Å²) in [5.74, 6) is 0.949. The highest BCUT2D eigenvalue weighted by Crippen LogP contribution is 2.23. The number of aromatic nitrogens is 1. The van der Waals surface area contributed by atoms with Crippen molar-refractivity contribution >= 4 is 16.9 Å². The third-order valence-electron chi connectivity index (χ3n) is 4.39. The van der Waals surface area contributed by atoms with Gasteiger partial charge < -0.3 is 18.8 Å². The van der Waals surface area contributed by atoms with Crippen molar-refractivity contribution < 1.29 is 18.7 Å². The lowest BCUT2D eigenvalue weighted by atomic mass is 10.1. The molecule has 3 aromatic rings. The molecule has 2 aromatic heterocycles. The topological polar surface area (TPSA) is 81.9 Å². The average molecular weight is 382 g/mol. The lowest BCUT2D eigenvalue weighted by Crippen LogP contribution is -2.31. The van der Waals surface area contributed by atoms with Gasteiger partial charge in [-0.05, 0) is 30.2 Å². The first kappa shape index (κ1) is 19.4. The Balaban J connectivity index is 1.65. The Morgan fingerprint density at radius 2 is 2.00 bits per heavy atom. The second-order valence-electron chi connectivity index (χ2n) is 6.33. The van der Waals surface area contributed by atoms with Gasteiger partial charge in [0.15, 0.2) is 6.61 Å². The number of pyridine rings is 1. The summed E-state index contributed by atoms with van der Waals surface area (Å²) in [5.41, 5.74) is 1.68. The van der Waals surface area contributed by atoms with E-state index in [1.165, 1.54) is 11.0 Å². The molecule has 0 fully saturated rings. The summed E-state index contributed by atoms with van der Waals surface area (Å²) in [4.78, 5) is 29.8. The lowest BCUT2D eigenvalue weighted by Gasteiger charge is -2.17. The number of methoxy groups -OCH3 is 1. The smallest absolute Gasteiger partial charge is 0.336 e. The Labute approximate surface area is 162 Å². The minimum Gasteiger partial charge on any atom is -0.497 e. The van der Waals surface area contributed by atoms with Crippen molar-refractivity contribution in [3.63, 3.8) is 0 Å². The van der Waals surface area contributed by atoms with E-state index in [0.29, 0.717) is 23.6 Å². The highest BCUT2D eigenvalue weighted by Gasteiger charge is 2.12. The zero-order valence-corrected chi connectivity index (χ0v) is 16.1. The Morgan fingerprint density at radius 3 is 2.75 bits per heavy atom. The number of amides is 1. The summed E-state index contributed by atoms with van der Waals surface area (Å²) in [6, 6.07) is 10.2. The highest BCUT2D eigenvalue weighted by molar-refractivity contribution is 5.82. The van der Waals surface area contributed by atoms with Gasteiger partial charge in [-0.3, -0.25) is 9.78 Å². The van der Waals surface area contributed by atoms with Gasteiger partial charge in [-0.2, -0.15) is 0 Å². The van der Waals surface area contributed by atoms with Crippen molar-refractivity contribution in [2.24, 2.45) is 0 Å². The molecule has 7 nitrogen and oxygen atoms in total. The van der Waals surface area contributed by atoms with Crippen LogP contribution in [0.5, 0.6) is 11.5 Å². The van der Waals surface area contributed by atoms with E-state index in [9.17, 15) is 9.59 Å². The average Bonchev–Trinajstić information content (AvgIpc) is 2.71. The number of hydrogen-bond acceptors (Lipinski definition) is 6. The van der Waals surface area contributed by atoms with E-state index >= 15 is 0 Å². The third-order valence-corrected chi connectivity index (χ3v) is 4.39. The Morgan fingerprint density at radius 1 is 1.18 bits per heavy atom. The maximum atomic E-state index is 12.4. The predicted molar refractivity (Wildman–Crippen MR) is 105 cm³/mol. The lowest BCUT2D eigenvalue weighted by molar-refractivity contribution is -0.132. The molecule has 0 saturated carbocycles. The summed E-state index contributed by atoms with van der Waals surface area (Å²) in [6.45, 7) is 2.18. The van der Waals surface area contributed by atoms with Crippen molar-refractivity contribution in [1.29, 1.82) is 0 Å². The minimum absolute atomic E-state index is 0.135. The second-order valence-corrected chi connectivity index (χ2v) is 6.33. The van der Waals surface area contributed by atoms with Crippen LogP contribution in [-0.4, -0.2) is 36.6 Å². The number of aryl methyl sites for hydroxylation is 1. The molecule has 0 bridgehead atoms. The summed E-state index contributed by atoms with van der Waals surface area (Å²) < 4.78 is 16.0. The van der Waals surface area contributed by atoms with Crippen molar-refractivity contribution in [2.45, 2.75) is 19.9 Å². The molecule has 0 atom stereocenters. The minimum atomic E-state index is -0.400. The molecule has 0 aliphatic heterocycles. The van der Waals surface area contributed by atoms with Crippen LogP contribution in [0.25, 0.3) is 11.0 Å². The zero-order valence-electron chi connectivity index (χ0n) is 16.1. The van der Waals surface area contributed by atoms with E-state index in [2.05, 4.69) is 4.98 Å².